The minimum Gasteiger partial charge on any atom is -0.376 e. The van der Waals surface area contributed by atoms with E-state index in [9.17, 15) is 18.0 Å². The second-order valence-corrected chi connectivity index (χ2v) is 4.07. The van der Waals surface area contributed by atoms with Crippen molar-refractivity contribution in [2.24, 2.45) is 0 Å². The zero-order chi connectivity index (χ0) is 14.5. The minimum atomic E-state index is -0.738. The Hall–Kier alpha value is -2.50. The maximum Gasteiger partial charge on any atom is 0.243 e. The Kier molecular flexibility index (Phi) is 4.24. The molecule has 0 heterocycles. The molecule has 20 heavy (non-hydrogen) atoms. The molecule has 0 unspecified atom stereocenters. The van der Waals surface area contributed by atoms with Gasteiger partial charge in [-0.05, 0) is 30.3 Å². The van der Waals surface area contributed by atoms with Gasteiger partial charge in [0.1, 0.15) is 17.5 Å². The molecule has 0 aliphatic rings. The molecule has 0 radical (unpaired) electrons. The molecule has 0 atom stereocenters. The van der Waals surface area contributed by atoms with Crippen LogP contribution >= 0.6 is 0 Å². The fourth-order valence-electron chi connectivity index (χ4n) is 1.61. The Bertz CT molecular complexity index is 611. The molecular formula is C14H11F3N2O. The second-order valence-electron chi connectivity index (χ2n) is 4.07. The van der Waals surface area contributed by atoms with Gasteiger partial charge < -0.3 is 10.6 Å². The maximum absolute atomic E-state index is 12.9. The molecule has 104 valence electrons. The Balaban J connectivity index is 1.92. The van der Waals surface area contributed by atoms with E-state index in [-0.39, 0.29) is 12.2 Å². The van der Waals surface area contributed by atoms with Crippen molar-refractivity contribution in [2.45, 2.75) is 0 Å². The summed E-state index contributed by atoms with van der Waals surface area (Å²) in [5, 5.41) is 5.03. The van der Waals surface area contributed by atoms with Gasteiger partial charge in [0.2, 0.25) is 5.91 Å². The van der Waals surface area contributed by atoms with Gasteiger partial charge in [-0.15, -0.1) is 0 Å². The van der Waals surface area contributed by atoms with Gasteiger partial charge >= 0.3 is 0 Å². The highest BCUT2D eigenvalue weighted by Crippen LogP contribution is 2.13. The molecule has 2 N–H and O–H groups in total. The normalized spacial score (nSPS) is 10.2. The molecule has 0 spiro atoms. The summed E-state index contributed by atoms with van der Waals surface area (Å²) in [5.74, 6) is -2.40. The highest BCUT2D eigenvalue weighted by Gasteiger charge is 2.05. The van der Waals surface area contributed by atoms with E-state index < -0.39 is 23.4 Å². The van der Waals surface area contributed by atoms with Crippen molar-refractivity contribution in [3.05, 3.63) is 59.9 Å². The van der Waals surface area contributed by atoms with Crippen molar-refractivity contribution in [1.82, 2.24) is 0 Å². The predicted octanol–water partition coefficient (Wildman–Crippen LogP) is 3.15. The quantitative estimate of drug-likeness (QED) is 0.903. The van der Waals surface area contributed by atoms with Crippen LogP contribution in [0.2, 0.25) is 0 Å². The van der Waals surface area contributed by atoms with Crippen molar-refractivity contribution in [1.29, 1.82) is 0 Å². The van der Waals surface area contributed by atoms with E-state index in [1.807, 2.05) is 0 Å². The van der Waals surface area contributed by atoms with Gasteiger partial charge in [-0.2, -0.15) is 0 Å². The van der Waals surface area contributed by atoms with Crippen LogP contribution in [0.3, 0.4) is 0 Å². The van der Waals surface area contributed by atoms with Gasteiger partial charge in [0.15, 0.2) is 0 Å². The van der Waals surface area contributed by atoms with E-state index in [4.69, 9.17) is 0 Å². The van der Waals surface area contributed by atoms with Crippen LogP contribution in [0.4, 0.5) is 24.5 Å². The zero-order valence-electron chi connectivity index (χ0n) is 10.3. The van der Waals surface area contributed by atoms with Crippen LogP contribution in [-0.4, -0.2) is 12.5 Å². The van der Waals surface area contributed by atoms with Crippen molar-refractivity contribution in [2.75, 3.05) is 17.2 Å². The number of hydrogen-bond donors (Lipinski definition) is 2. The number of rotatable bonds is 4. The number of amides is 1. The lowest BCUT2D eigenvalue weighted by atomic mass is 10.3. The van der Waals surface area contributed by atoms with Gasteiger partial charge in [-0.1, -0.05) is 6.07 Å². The number of carbonyl (C=O) groups is 1. The lowest BCUT2D eigenvalue weighted by Crippen LogP contribution is -2.21. The fourth-order valence-corrected chi connectivity index (χ4v) is 1.61. The number of hydrogen-bond acceptors (Lipinski definition) is 2. The average Bonchev–Trinajstić information content (AvgIpc) is 2.35. The molecule has 3 nitrogen and oxygen atoms in total. The first-order chi connectivity index (χ1) is 9.52. The van der Waals surface area contributed by atoms with Crippen LogP contribution in [0.5, 0.6) is 0 Å². The SMILES string of the molecule is O=C(CNc1cc(F)cc(F)c1)Nc1cccc(F)c1. The number of benzene rings is 2. The number of halogens is 3. The molecule has 2 aromatic rings. The first-order valence-electron chi connectivity index (χ1n) is 5.78. The molecule has 0 bridgehead atoms. The largest absolute Gasteiger partial charge is 0.376 e. The fraction of sp³-hybridized carbons (Fsp3) is 0.0714. The lowest BCUT2D eigenvalue weighted by Gasteiger charge is -2.08. The van der Waals surface area contributed by atoms with Gasteiger partial charge in [-0.25, -0.2) is 13.2 Å². The zero-order valence-corrected chi connectivity index (χ0v) is 10.3. The van der Waals surface area contributed by atoms with Crippen LogP contribution in [-0.2, 0) is 4.79 Å². The summed E-state index contributed by atoms with van der Waals surface area (Å²) >= 11 is 0. The van der Waals surface area contributed by atoms with Crippen LogP contribution in [0, 0.1) is 17.5 Å². The molecule has 2 aromatic carbocycles. The number of carbonyl (C=O) groups excluding carboxylic acids is 1. The Labute approximate surface area is 113 Å². The summed E-state index contributed by atoms with van der Waals surface area (Å²) in [4.78, 5) is 11.6. The first kappa shape index (κ1) is 13.9. The van der Waals surface area contributed by atoms with E-state index in [1.54, 1.807) is 0 Å². The van der Waals surface area contributed by atoms with E-state index >= 15 is 0 Å². The highest BCUT2D eigenvalue weighted by atomic mass is 19.1. The predicted molar refractivity (Wildman–Crippen MR) is 69.9 cm³/mol. The van der Waals surface area contributed by atoms with E-state index in [1.165, 1.54) is 24.3 Å². The minimum absolute atomic E-state index is 0.150. The lowest BCUT2D eigenvalue weighted by molar-refractivity contribution is -0.114. The summed E-state index contributed by atoms with van der Waals surface area (Å²) < 4.78 is 38.7. The number of nitrogens with one attached hydrogen (secondary N) is 2. The standard InChI is InChI=1S/C14H11F3N2O/c15-9-2-1-3-12(5-9)19-14(20)8-18-13-6-10(16)4-11(17)7-13/h1-7,18H,8H2,(H,19,20). The molecule has 0 aliphatic carbocycles. The van der Waals surface area contributed by atoms with Crippen LogP contribution in [0.25, 0.3) is 0 Å². The summed E-state index contributed by atoms with van der Waals surface area (Å²) in [6.45, 7) is -0.195. The summed E-state index contributed by atoms with van der Waals surface area (Å²) in [5.41, 5.74) is 0.458. The summed E-state index contributed by atoms with van der Waals surface area (Å²) in [7, 11) is 0. The topological polar surface area (TPSA) is 41.1 Å². The van der Waals surface area contributed by atoms with Crippen LogP contribution < -0.4 is 10.6 Å². The van der Waals surface area contributed by atoms with E-state index in [0.717, 1.165) is 18.2 Å². The number of anilines is 2. The Morgan fingerprint density at radius 1 is 0.900 bits per heavy atom. The Morgan fingerprint density at radius 3 is 2.20 bits per heavy atom. The van der Waals surface area contributed by atoms with Crippen molar-refractivity contribution in [3.63, 3.8) is 0 Å². The van der Waals surface area contributed by atoms with Crippen LogP contribution in [0.15, 0.2) is 42.5 Å². The molecule has 1 amide bonds. The van der Waals surface area contributed by atoms with Crippen LogP contribution in [0.1, 0.15) is 0 Å². The van der Waals surface area contributed by atoms with Crippen molar-refractivity contribution >= 4 is 17.3 Å². The average molecular weight is 280 g/mol. The van der Waals surface area contributed by atoms with Gasteiger partial charge in [0.05, 0.1) is 6.54 Å². The van der Waals surface area contributed by atoms with Gasteiger partial charge in [0, 0.05) is 17.4 Å². The smallest absolute Gasteiger partial charge is 0.243 e. The molecule has 0 fully saturated rings. The molecule has 0 saturated carbocycles. The molecule has 0 aromatic heterocycles. The third kappa shape index (κ3) is 4.01. The van der Waals surface area contributed by atoms with E-state index in [0.29, 0.717) is 5.69 Å². The van der Waals surface area contributed by atoms with E-state index in [2.05, 4.69) is 10.6 Å². The van der Waals surface area contributed by atoms with Gasteiger partial charge in [-0.3, -0.25) is 4.79 Å². The summed E-state index contributed by atoms with van der Waals surface area (Å²) in [6.07, 6.45) is 0. The molecular weight excluding hydrogens is 269 g/mol. The van der Waals surface area contributed by atoms with Crippen molar-refractivity contribution in [3.8, 4) is 0 Å². The molecule has 6 heteroatoms. The highest BCUT2D eigenvalue weighted by molar-refractivity contribution is 5.93. The molecule has 0 aliphatic heterocycles. The monoisotopic (exact) mass is 280 g/mol. The first-order valence-corrected chi connectivity index (χ1v) is 5.78. The Morgan fingerprint density at radius 2 is 1.55 bits per heavy atom. The van der Waals surface area contributed by atoms with Gasteiger partial charge in [0.25, 0.3) is 0 Å². The molecule has 0 saturated heterocycles. The third-order valence-corrected chi connectivity index (χ3v) is 2.42. The van der Waals surface area contributed by atoms with Crippen molar-refractivity contribution < 1.29 is 18.0 Å². The summed E-state index contributed by atoms with van der Waals surface area (Å²) in [6, 6.07) is 8.28. The maximum atomic E-state index is 12.9. The molecule has 2 rings (SSSR count). The second kappa shape index (κ2) is 6.10. The third-order valence-electron chi connectivity index (χ3n) is 2.42.